The predicted molar refractivity (Wildman–Crippen MR) is 237 cm³/mol. The Morgan fingerprint density at radius 3 is 1.71 bits per heavy atom. The van der Waals surface area contributed by atoms with Crippen molar-refractivity contribution < 1.29 is 0 Å². The Labute approximate surface area is 323 Å². The molecular formula is C52H34N2S. The molecule has 258 valence electrons. The lowest BCUT2D eigenvalue weighted by Crippen LogP contribution is -2.10. The normalized spacial score (nSPS) is 11.6. The van der Waals surface area contributed by atoms with Crippen molar-refractivity contribution in [3.8, 4) is 27.9 Å². The number of benzene rings is 9. The van der Waals surface area contributed by atoms with E-state index in [1.807, 2.05) is 11.3 Å². The number of anilines is 3. The summed E-state index contributed by atoms with van der Waals surface area (Å²) >= 11 is 1.86. The number of aromatic nitrogens is 1. The molecule has 55 heavy (non-hydrogen) atoms. The van der Waals surface area contributed by atoms with Crippen LogP contribution in [0.25, 0.3) is 80.7 Å². The van der Waals surface area contributed by atoms with Crippen LogP contribution in [-0.4, -0.2) is 4.57 Å². The highest BCUT2D eigenvalue weighted by Gasteiger charge is 2.20. The lowest BCUT2D eigenvalue weighted by atomic mass is 9.95. The highest BCUT2D eigenvalue weighted by atomic mass is 32.1. The fraction of sp³-hybridized carbons (Fsp3) is 0. The summed E-state index contributed by atoms with van der Waals surface area (Å²) in [6.45, 7) is 0. The van der Waals surface area contributed by atoms with E-state index in [0.717, 1.165) is 17.1 Å². The quantitative estimate of drug-likeness (QED) is 0.166. The molecule has 0 aliphatic rings. The Balaban J connectivity index is 1.14. The summed E-state index contributed by atoms with van der Waals surface area (Å²) in [5.74, 6) is 0. The third-order valence-corrected chi connectivity index (χ3v) is 12.1. The van der Waals surface area contributed by atoms with Crippen LogP contribution in [-0.2, 0) is 0 Å². The van der Waals surface area contributed by atoms with Crippen molar-refractivity contribution in [1.82, 2.24) is 4.57 Å². The van der Waals surface area contributed by atoms with Crippen LogP contribution in [0.4, 0.5) is 17.1 Å². The highest BCUT2D eigenvalue weighted by molar-refractivity contribution is 7.25. The van der Waals surface area contributed by atoms with Gasteiger partial charge in [0.1, 0.15) is 0 Å². The van der Waals surface area contributed by atoms with Gasteiger partial charge in [0.2, 0.25) is 0 Å². The molecule has 9 aromatic carbocycles. The van der Waals surface area contributed by atoms with Crippen LogP contribution in [0.2, 0.25) is 0 Å². The molecule has 0 amide bonds. The summed E-state index contributed by atoms with van der Waals surface area (Å²) in [4.78, 5) is 2.41. The molecule has 0 atom stereocenters. The highest BCUT2D eigenvalue weighted by Crippen LogP contribution is 2.44. The summed E-state index contributed by atoms with van der Waals surface area (Å²) in [7, 11) is 0. The van der Waals surface area contributed by atoms with Crippen LogP contribution in [0.1, 0.15) is 0 Å². The van der Waals surface area contributed by atoms with Crippen molar-refractivity contribution in [2.45, 2.75) is 0 Å². The van der Waals surface area contributed by atoms with E-state index < -0.39 is 0 Å². The van der Waals surface area contributed by atoms with Gasteiger partial charge in [-0.1, -0.05) is 146 Å². The van der Waals surface area contributed by atoms with Gasteiger partial charge in [-0.2, -0.15) is 0 Å². The molecule has 2 nitrogen and oxygen atoms in total. The van der Waals surface area contributed by atoms with E-state index in [4.69, 9.17) is 0 Å². The fourth-order valence-corrected chi connectivity index (χ4v) is 9.61. The topological polar surface area (TPSA) is 8.17 Å². The maximum absolute atomic E-state index is 2.45. The van der Waals surface area contributed by atoms with Crippen molar-refractivity contribution in [3.05, 3.63) is 206 Å². The molecule has 0 aliphatic carbocycles. The van der Waals surface area contributed by atoms with Crippen molar-refractivity contribution in [2.75, 3.05) is 4.90 Å². The Morgan fingerprint density at radius 2 is 0.927 bits per heavy atom. The minimum atomic E-state index is 1.10. The molecule has 0 aliphatic heterocycles. The lowest BCUT2D eigenvalue weighted by Gasteiger charge is -2.27. The number of nitrogens with zero attached hydrogens (tertiary/aromatic N) is 2. The second kappa shape index (κ2) is 12.9. The maximum Gasteiger partial charge on any atom is 0.0547 e. The van der Waals surface area contributed by atoms with E-state index in [1.165, 1.54) is 80.7 Å². The van der Waals surface area contributed by atoms with Gasteiger partial charge >= 0.3 is 0 Å². The number of rotatable bonds is 6. The third-order valence-electron chi connectivity index (χ3n) is 11.0. The molecule has 0 unspecified atom stereocenters. The van der Waals surface area contributed by atoms with Crippen LogP contribution in [0, 0.1) is 0 Å². The van der Waals surface area contributed by atoms with Gasteiger partial charge in [-0.15, -0.1) is 11.3 Å². The summed E-state index contributed by atoms with van der Waals surface area (Å²) in [6, 6.07) is 75.3. The summed E-state index contributed by atoms with van der Waals surface area (Å²) in [5.41, 5.74) is 11.7. The minimum Gasteiger partial charge on any atom is -0.310 e. The summed E-state index contributed by atoms with van der Waals surface area (Å²) in [6.07, 6.45) is 0. The average molecular weight is 719 g/mol. The minimum absolute atomic E-state index is 1.10. The smallest absolute Gasteiger partial charge is 0.0547 e. The van der Waals surface area contributed by atoms with E-state index >= 15 is 0 Å². The number of thiophene rings is 1. The Morgan fingerprint density at radius 1 is 0.345 bits per heavy atom. The molecule has 11 aromatic rings. The zero-order valence-electron chi connectivity index (χ0n) is 29.9. The maximum atomic E-state index is 2.45. The standard InChI is InChI=1S/C52H34N2S/c1-2-13-35(14-3-1)36-25-28-39(29-26-36)53(41-30-31-46-45-21-8-11-24-50(45)55-51(46)34-41)40-17-12-16-38(33-40)52-42-18-5-4-15-37(42)27-32-49(52)54-47-22-9-6-19-43(47)44-20-7-10-23-48(44)54/h1-34H. The summed E-state index contributed by atoms with van der Waals surface area (Å²) < 4.78 is 5.04. The first-order valence-corrected chi connectivity index (χ1v) is 19.6. The monoisotopic (exact) mass is 718 g/mol. The predicted octanol–water partition coefficient (Wildman–Crippen LogP) is 15.1. The van der Waals surface area contributed by atoms with E-state index in [1.54, 1.807) is 0 Å². The molecule has 3 heteroatoms. The van der Waals surface area contributed by atoms with E-state index in [0.29, 0.717) is 0 Å². The molecule has 2 aromatic heterocycles. The zero-order valence-corrected chi connectivity index (χ0v) is 30.7. The molecule has 0 saturated heterocycles. The van der Waals surface area contributed by atoms with E-state index in [-0.39, 0.29) is 0 Å². The third kappa shape index (κ3) is 5.24. The van der Waals surface area contributed by atoms with Crippen LogP contribution < -0.4 is 4.90 Å². The largest absolute Gasteiger partial charge is 0.310 e. The molecule has 11 rings (SSSR count). The summed E-state index contributed by atoms with van der Waals surface area (Å²) in [5, 5.41) is 7.56. The van der Waals surface area contributed by atoms with Crippen LogP contribution in [0.15, 0.2) is 206 Å². The number of fused-ring (bicyclic) bond motifs is 7. The van der Waals surface area contributed by atoms with Gasteiger partial charge in [0.25, 0.3) is 0 Å². The molecule has 0 bridgehead atoms. The second-order valence-corrected chi connectivity index (χ2v) is 15.2. The second-order valence-electron chi connectivity index (χ2n) is 14.1. The number of para-hydroxylation sites is 2. The first kappa shape index (κ1) is 31.6. The van der Waals surface area contributed by atoms with Crippen molar-refractivity contribution >= 4 is 81.1 Å². The van der Waals surface area contributed by atoms with Crippen molar-refractivity contribution in [3.63, 3.8) is 0 Å². The van der Waals surface area contributed by atoms with Crippen LogP contribution >= 0.6 is 11.3 Å². The van der Waals surface area contributed by atoms with Gasteiger partial charge in [0.05, 0.1) is 16.7 Å². The van der Waals surface area contributed by atoms with Gasteiger partial charge in [-0.05, 0) is 88.1 Å². The lowest BCUT2D eigenvalue weighted by molar-refractivity contribution is 1.19. The van der Waals surface area contributed by atoms with Crippen LogP contribution in [0.5, 0.6) is 0 Å². The van der Waals surface area contributed by atoms with Crippen LogP contribution in [0.3, 0.4) is 0 Å². The Hall–Kier alpha value is -6.94. The fourth-order valence-electron chi connectivity index (χ4n) is 8.47. The first-order valence-electron chi connectivity index (χ1n) is 18.8. The molecule has 2 heterocycles. The number of hydrogen-bond acceptors (Lipinski definition) is 2. The van der Waals surface area contributed by atoms with Gasteiger partial charge in [-0.25, -0.2) is 0 Å². The van der Waals surface area contributed by atoms with Crippen molar-refractivity contribution in [2.24, 2.45) is 0 Å². The van der Waals surface area contributed by atoms with Gasteiger partial charge in [0.15, 0.2) is 0 Å². The SMILES string of the molecule is c1ccc(-c2ccc(N(c3cccc(-c4c(-n5c6ccccc6c6ccccc65)ccc5ccccc45)c3)c3ccc4c(c3)sc3ccccc34)cc2)cc1. The molecule has 0 radical (unpaired) electrons. The van der Waals surface area contributed by atoms with E-state index in [2.05, 4.69) is 216 Å². The average Bonchev–Trinajstić information content (AvgIpc) is 3.79. The first-order chi connectivity index (χ1) is 27.3. The van der Waals surface area contributed by atoms with E-state index in [9.17, 15) is 0 Å². The van der Waals surface area contributed by atoms with Gasteiger partial charge in [0, 0.05) is 53.6 Å². The van der Waals surface area contributed by atoms with Gasteiger partial charge in [-0.3, -0.25) is 0 Å². The molecule has 0 N–H and O–H groups in total. The molecular weight excluding hydrogens is 685 g/mol. The molecule has 0 fully saturated rings. The van der Waals surface area contributed by atoms with Gasteiger partial charge < -0.3 is 9.47 Å². The molecule has 0 spiro atoms. The Kier molecular flexibility index (Phi) is 7.39. The molecule has 0 saturated carbocycles. The zero-order chi connectivity index (χ0) is 36.3. The Bertz CT molecular complexity index is 3150. The number of hydrogen-bond donors (Lipinski definition) is 0. The van der Waals surface area contributed by atoms with Crippen molar-refractivity contribution in [1.29, 1.82) is 0 Å².